The van der Waals surface area contributed by atoms with Gasteiger partial charge >= 0.3 is 5.97 Å². The van der Waals surface area contributed by atoms with Crippen LogP contribution in [0.2, 0.25) is 0 Å². The minimum absolute atomic E-state index is 0.0845. The van der Waals surface area contributed by atoms with Crippen LogP contribution in [0.3, 0.4) is 0 Å². The van der Waals surface area contributed by atoms with E-state index < -0.39 is 17.8 Å². The van der Waals surface area contributed by atoms with Crippen LogP contribution in [0, 0.1) is 5.92 Å². The number of rotatable bonds is 7. The molecule has 2 aromatic carbocycles. The Bertz CT molecular complexity index is 896. The van der Waals surface area contributed by atoms with E-state index in [0.717, 1.165) is 11.3 Å². The molecule has 1 saturated heterocycles. The predicted octanol–water partition coefficient (Wildman–Crippen LogP) is 2.84. The van der Waals surface area contributed by atoms with Crippen LogP contribution in [0.4, 0.5) is 11.4 Å². The van der Waals surface area contributed by atoms with E-state index in [0.29, 0.717) is 12.2 Å². The van der Waals surface area contributed by atoms with Gasteiger partial charge in [-0.3, -0.25) is 14.4 Å². The number of likely N-dealkylation sites (tertiary alicyclic amines) is 1. The third-order valence-electron chi connectivity index (χ3n) is 5.25. The number of hydrogen-bond acceptors (Lipinski definition) is 5. The van der Waals surface area contributed by atoms with Gasteiger partial charge in [0.25, 0.3) is 5.91 Å². The first-order valence-corrected chi connectivity index (χ1v) is 9.93. The number of hydrogen-bond donors (Lipinski definition) is 1. The fourth-order valence-electron chi connectivity index (χ4n) is 3.47. The van der Waals surface area contributed by atoms with Crippen LogP contribution in [0.1, 0.15) is 24.9 Å². The molecule has 0 spiro atoms. The quantitative estimate of drug-likeness (QED) is 0.712. The Labute approximate surface area is 176 Å². The van der Waals surface area contributed by atoms with Crippen molar-refractivity contribution in [3.05, 3.63) is 60.2 Å². The molecule has 30 heavy (non-hydrogen) atoms. The summed E-state index contributed by atoms with van der Waals surface area (Å²) in [7, 11) is 3.87. The van der Waals surface area contributed by atoms with Crippen molar-refractivity contribution < 1.29 is 19.1 Å². The second kappa shape index (κ2) is 9.43. The molecular formula is C23H27N3O4. The average Bonchev–Trinajstić information content (AvgIpc) is 3.14. The zero-order valence-corrected chi connectivity index (χ0v) is 17.5. The zero-order valence-electron chi connectivity index (χ0n) is 17.5. The molecule has 0 unspecified atom stereocenters. The van der Waals surface area contributed by atoms with E-state index in [9.17, 15) is 14.4 Å². The molecule has 0 saturated carbocycles. The molecule has 2 aromatic rings. The number of carbonyl (C=O) groups is 3. The summed E-state index contributed by atoms with van der Waals surface area (Å²) >= 11 is 0. The number of esters is 1. The van der Waals surface area contributed by atoms with Gasteiger partial charge < -0.3 is 19.9 Å². The summed E-state index contributed by atoms with van der Waals surface area (Å²) in [6, 6.07) is 16.9. The number of nitrogens with one attached hydrogen (secondary N) is 1. The summed E-state index contributed by atoms with van der Waals surface area (Å²) in [5.41, 5.74) is 2.65. The van der Waals surface area contributed by atoms with E-state index >= 15 is 0 Å². The number of benzene rings is 2. The van der Waals surface area contributed by atoms with Gasteiger partial charge in [-0.25, -0.2) is 0 Å². The van der Waals surface area contributed by atoms with Crippen molar-refractivity contribution in [3.8, 4) is 0 Å². The topological polar surface area (TPSA) is 79.0 Å². The van der Waals surface area contributed by atoms with Gasteiger partial charge in [-0.1, -0.05) is 30.3 Å². The lowest BCUT2D eigenvalue weighted by Gasteiger charge is -2.25. The van der Waals surface area contributed by atoms with Crippen molar-refractivity contribution in [2.45, 2.75) is 19.4 Å². The van der Waals surface area contributed by atoms with E-state index in [1.807, 2.05) is 68.4 Å². The van der Waals surface area contributed by atoms with Crippen LogP contribution in [-0.2, 0) is 19.1 Å². The van der Waals surface area contributed by atoms with Gasteiger partial charge in [0.2, 0.25) is 5.91 Å². The highest BCUT2D eigenvalue weighted by molar-refractivity contribution is 5.94. The zero-order chi connectivity index (χ0) is 21.7. The summed E-state index contributed by atoms with van der Waals surface area (Å²) in [6.45, 7) is 1.85. The van der Waals surface area contributed by atoms with Crippen molar-refractivity contribution in [1.29, 1.82) is 0 Å². The first kappa shape index (κ1) is 21.4. The van der Waals surface area contributed by atoms with E-state index in [-0.39, 0.29) is 25.0 Å². The molecule has 0 aromatic heterocycles. The number of anilines is 2. The lowest BCUT2D eigenvalue weighted by molar-refractivity contribution is -0.151. The van der Waals surface area contributed by atoms with Crippen LogP contribution < -0.4 is 10.2 Å². The summed E-state index contributed by atoms with van der Waals surface area (Å²) in [4.78, 5) is 40.5. The molecule has 7 nitrogen and oxygen atoms in total. The minimum Gasteiger partial charge on any atom is -0.455 e. The molecule has 158 valence electrons. The van der Waals surface area contributed by atoms with Gasteiger partial charge in [0.15, 0.2) is 6.61 Å². The fourth-order valence-corrected chi connectivity index (χ4v) is 3.47. The van der Waals surface area contributed by atoms with Crippen LogP contribution in [0.5, 0.6) is 0 Å². The second-order valence-electron chi connectivity index (χ2n) is 7.63. The Morgan fingerprint density at radius 2 is 1.80 bits per heavy atom. The monoisotopic (exact) mass is 409 g/mol. The number of carbonyl (C=O) groups excluding carboxylic acids is 3. The largest absolute Gasteiger partial charge is 0.455 e. The lowest BCUT2D eigenvalue weighted by atomic mass is 10.1. The molecule has 1 aliphatic rings. The molecule has 1 fully saturated rings. The third-order valence-corrected chi connectivity index (χ3v) is 5.25. The first-order valence-electron chi connectivity index (χ1n) is 9.93. The van der Waals surface area contributed by atoms with Gasteiger partial charge in [-0.05, 0) is 36.8 Å². The maximum absolute atomic E-state index is 12.4. The molecule has 1 heterocycles. The van der Waals surface area contributed by atoms with Crippen LogP contribution in [-0.4, -0.2) is 49.9 Å². The van der Waals surface area contributed by atoms with Gasteiger partial charge in [-0.15, -0.1) is 0 Å². The number of amides is 2. The normalized spacial score (nSPS) is 16.8. The standard InChI is InChI=1S/C23H27N3O4/c1-16(17-7-5-4-6-8-17)26-14-18(13-22(26)28)23(29)30-15-21(27)24-19-9-11-20(12-10-19)25(2)3/h4-12,16,18H,13-15H2,1-3H3,(H,24,27)/t16-,18-/m0/s1. The van der Waals surface area contributed by atoms with Crippen LogP contribution >= 0.6 is 0 Å². The molecule has 1 aliphatic heterocycles. The van der Waals surface area contributed by atoms with Gasteiger partial charge in [-0.2, -0.15) is 0 Å². The van der Waals surface area contributed by atoms with E-state index in [1.165, 1.54) is 0 Å². The van der Waals surface area contributed by atoms with E-state index in [1.54, 1.807) is 17.0 Å². The van der Waals surface area contributed by atoms with Crippen molar-refractivity contribution in [3.63, 3.8) is 0 Å². The minimum atomic E-state index is -0.559. The smallest absolute Gasteiger partial charge is 0.311 e. The highest BCUT2D eigenvalue weighted by Crippen LogP contribution is 2.29. The average molecular weight is 409 g/mol. The Balaban J connectivity index is 1.49. The molecule has 7 heteroatoms. The molecule has 3 rings (SSSR count). The summed E-state index contributed by atoms with van der Waals surface area (Å²) in [5, 5.41) is 2.70. The van der Waals surface area contributed by atoms with Gasteiger partial charge in [0, 0.05) is 38.4 Å². The Morgan fingerprint density at radius 1 is 1.13 bits per heavy atom. The van der Waals surface area contributed by atoms with Gasteiger partial charge in [0.1, 0.15) is 0 Å². The maximum Gasteiger partial charge on any atom is 0.311 e. The highest BCUT2D eigenvalue weighted by Gasteiger charge is 2.38. The SMILES string of the molecule is C[C@@H](c1ccccc1)N1C[C@@H](C(=O)OCC(=O)Nc2ccc(N(C)C)cc2)CC1=O. The molecule has 0 bridgehead atoms. The summed E-state index contributed by atoms with van der Waals surface area (Å²) in [6.07, 6.45) is 0.101. The van der Waals surface area contributed by atoms with Crippen molar-refractivity contribution >= 4 is 29.2 Å². The van der Waals surface area contributed by atoms with Gasteiger partial charge in [0.05, 0.1) is 12.0 Å². The molecule has 2 amide bonds. The lowest BCUT2D eigenvalue weighted by Crippen LogP contribution is -2.30. The van der Waals surface area contributed by atoms with Crippen LogP contribution in [0.15, 0.2) is 54.6 Å². The van der Waals surface area contributed by atoms with E-state index in [4.69, 9.17) is 4.74 Å². The Morgan fingerprint density at radius 3 is 2.43 bits per heavy atom. The predicted molar refractivity (Wildman–Crippen MR) is 115 cm³/mol. The first-order chi connectivity index (χ1) is 14.3. The van der Waals surface area contributed by atoms with Crippen LogP contribution in [0.25, 0.3) is 0 Å². The fraction of sp³-hybridized carbons (Fsp3) is 0.348. The number of ether oxygens (including phenoxy) is 1. The third kappa shape index (κ3) is 5.17. The molecule has 2 atom stereocenters. The maximum atomic E-state index is 12.4. The van der Waals surface area contributed by atoms with Crippen molar-refractivity contribution in [2.24, 2.45) is 5.92 Å². The Hall–Kier alpha value is -3.35. The summed E-state index contributed by atoms with van der Waals surface area (Å²) in [5.74, 6) is -1.58. The molecule has 0 aliphatic carbocycles. The molecular weight excluding hydrogens is 382 g/mol. The summed E-state index contributed by atoms with van der Waals surface area (Å²) < 4.78 is 5.17. The molecule has 0 radical (unpaired) electrons. The van der Waals surface area contributed by atoms with Crippen molar-refractivity contribution in [1.82, 2.24) is 4.90 Å². The second-order valence-corrected chi connectivity index (χ2v) is 7.63. The van der Waals surface area contributed by atoms with Crippen molar-refractivity contribution in [2.75, 3.05) is 37.5 Å². The highest BCUT2D eigenvalue weighted by atomic mass is 16.5. The number of nitrogens with zero attached hydrogens (tertiary/aromatic N) is 2. The Kier molecular flexibility index (Phi) is 6.72. The molecule has 1 N–H and O–H groups in total. The van der Waals surface area contributed by atoms with E-state index in [2.05, 4.69) is 5.32 Å².